The number of rotatable bonds is 6. The van der Waals surface area contributed by atoms with E-state index < -0.39 is 20.9 Å². The summed E-state index contributed by atoms with van der Waals surface area (Å²) >= 11 is 3.28. The van der Waals surface area contributed by atoms with Gasteiger partial charge in [0.15, 0.2) is 5.82 Å². The quantitative estimate of drug-likeness (QED) is 0.792. The van der Waals surface area contributed by atoms with Gasteiger partial charge in [0.25, 0.3) is 10.0 Å². The number of pyridine rings is 1. The molecule has 21 heavy (non-hydrogen) atoms. The van der Waals surface area contributed by atoms with Crippen molar-refractivity contribution < 1.29 is 12.8 Å². The van der Waals surface area contributed by atoms with Crippen LogP contribution in [0.15, 0.2) is 53.7 Å². The summed E-state index contributed by atoms with van der Waals surface area (Å²) in [6, 6.07) is 11.5. The molecule has 0 radical (unpaired) electrons. The maximum absolute atomic E-state index is 13.6. The monoisotopic (exact) mass is 372 g/mol. The minimum atomic E-state index is -3.99. The average molecular weight is 373 g/mol. The second-order valence-corrected chi connectivity index (χ2v) is 6.73. The van der Waals surface area contributed by atoms with Crippen molar-refractivity contribution in [3.63, 3.8) is 0 Å². The van der Waals surface area contributed by atoms with Crippen LogP contribution < -0.4 is 4.72 Å². The van der Waals surface area contributed by atoms with Crippen molar-refractivity contribution >= 4 is 26.0 Å². The first kappa shape index (κ1) is 16.1. The zero-order chi connectivity index (χ0) is 15.3. The number of benzene rings is 1. The second-order valence-electron chi connectivity index (χ2n) is 4.45. The third-order valence-electron chi connectivity index (χ3n) is 2.81. The van der Waals surface area contributed by atoms with Crippen LogP contribution in [0.3, 0.4) is 0 Å². The summed E-state index contributed by atoms with van der Waals surface area (Å²) < 4.78 is 40.4. The standard InChI is InChI=1S/C14H14BrFN2O2S/c15-10-12(9-11-5-2-1-3-6-11)18-21(19,20)14-13(16)7-4-8-17-14/h1-8,12,18H,9-10H2. The number of sulfonamides is 1. The van der Waals surface area contributed by atoms with Gasteiger partial charge in [-0.25, -0.2) is 22.5 Å². The number of hydrogen-bond acceptors (Lipinski definition) is 3. The molecule has 0 fully saturated rings. The van der Waals surface area contributed by atoms with Crippen LogP contribution in [-0.4, -0.2) is 24.8 Å². The van der Waals surface area contributed by atoms with Crippen LogP contribution >= 0.6 is 15.9 Å². The van der Waals surface area contributed by atoms with Gasteiger partial charge in [0.05, 0.1) is 0 Å². The molecule has 0 aliphatic heterocycles. The van der Waals surface area contributed by atoms with E-state index in [0.29, 0.717) is 11.8 Å². The van der Waals surface area contributed by atoms with E-state index in [2.05, 4.69) is 25.6 Å². The van der Waals surface area contributed by atoms with Gasteiger partial charge in [0, 0.05) is 17.6 Å². The van der Waals surface area contributed by atoms with Crippen molar-refractivity contribution in [2.75, 3.05) is 5.33 Å². The van der Waals surface area contributed by atoms with E-state index >= 15 is 0 Å². The molecule has 1 heterocycles. The van der Waals surface area contributed by atoms with Gasteiger partial charge in [-0.2, -0.15) is 0 Å². The fourth-order valence-corrected chi connectivity index (χ4v) is 3.72. The molecule has 1 N–H and O–H groups in total. The van der Waals surface area contributed by atoms with Crippen LogP contribution in [0.2, 0.25) is 0 Å². The zero-order valence-corrected chi connectivity index (χ0v) is 13.4. The van der Waals surface area contributed by atoms with E-state index in [-0.39, 0.29) is 6.04 Å². The summed E-state index contributed by atoms with van der Waals surface area (Å²) in [6.45, 7) is 0. The average Bonchev–Trinajstić information content (AvgIpc) is 2.47. The number of hydrogen-bond donors (Lipinski definition) is 1. The normalized spacial score (nSPS) is 13.0. The molecule has 7 heteroatoms. The van der Waals surface area contributed by atoms with Crippen molar-refractivity contribution in [1.29, 1.82) is 0 Å². The maximum atomic E-state index is 13.6. The van der Waals surface area contributed by atoms with Gasteiger partial charge in [0.1, 0.15) is 0 Å². The van der Waals surface area contributed by atoms with Crippen molar-refractivity contribution in [2.24, 2.45) is 0 Å². The Kier molecular flexibility index (Phi) is 5.44. The molecule has 1 atom stereocenters. The molecular weight excluding hydrogens is 359 g/mol. The van der Waals surface area contributed by atoms with Gasteiger partial charge < -0.3 is 0 Å². The Morgan fingerprint density at radius 3 is 2.52 bits per heavy atom. The fourth-order valence-electron chi connectivity index (χ4n) is 1.87. The second kappa shape index (κ2) is 7.11. The van der Waals surface area contributed by atoms with Crippen molar-refractivity contribution in [3.05, 3.63) is 60.0 Å². The Morgan fingerprint density at radius 1 is 1.19 bits per heavy atom. The molecule has 2 rings (SSSR count). The Balaban J connectivity index is 2.16. The molecule has 0 aliphatic carbocycles. The van der Waals surface area contributed by atoms with Crippen LogP contribution in [0.4, 0.5) is 4.39 Å². The third kappa shape index (κ3) is 4.33. The van der Waals surface area contributed by atoms with Crippen LogP contribution in [-0.2, 0) is 16.4 Å². The van der Waals surface area contributed by atoms with Gasteiger partial charge in [-0.3, -0.25) is 0 Å². The minimum absolute atomic E-state index is 0.390. The molecule has 0 saturated heterocycles. The summed E-state index contributed by atoms with van der Waals surface area (Å²) in [4.78, 5) is 3.60. The van der Waals surface area contributed by atoms with E-state index in [4.69, 9.17) is 0 Å². The van der Waals surface area contributed by atoms with E-state index in [9.17, 15) is 12.8 Å². The molecule has 0 amide bonds. The van der Waals surface area contributed by atoms with Crippen LogP contribution in [0, 0.1) is 5.82 Å². The summed E-state index contributed by atoms with van der Waals surface area (Å²) in [5.41, 5.74) is 0.992. The molecule has 1 aromatic heterocycles. The molecule has 112 valence electrons. The van der Waals surface area contributed by atoms with Crippen molar-refractivity contribution in [1.82, 2.24) is 9.71 Å². The van der Waals surface area contributed by atoms with Gasteiger partial charge in [-0.05, 0) is 24.1 Å². The third-order valence-corrected chi connectivity index (χ3v) is 5.05. The van der Waals surface area contributed by atoms with E-state index in [1.54, 1.807) is 0 Å². The van der Waals surface area contributed by atoms with Crippen molar-refractivity contribution in [3.8, 4) is 0 Å². The van der Waals surface area contributed by atoms with Crippen molar-refractivity contribution in [2.45, 2.75) is 17.5 Å². The van der Waals surface area contributed by atoms with Crippen LogP contribution in [0.5, 0.6) is 0 Å². The van der Waals surface area contributed by atoms with Gasteiger partial charge in [0.2, 0.25) is 5.03 Å². The Morgan fingerprint density at radius 2 is 1.90 bits per heavy atom. The first-order chi connectivity index (χ1) is 10.0. The highest BCUT2D eigenvalue weighted by atomic mass is 79.9. The smallest absolute Gasteiger partial charge is 0.241 e. The fraction of sp³-hybridized carbons (Fsp3) is 0.214. The highest BCUT2D eigenvalue weighted by molar-refractivity contribution is 9.09. The predicted octanol–water partition coefficient (Wildman–Crippen LogP) is 2.51. The SMILES string of the molecule is O=S(=O)(NC(CBr)Cc1ccccc1)c1ncccc1F. The van der Waals surface area contributed by atoms with Gasteiger partial charge >= 0.3 is 0 Å². The van der Waals surface area contributed by atoms with E-state index in [1.807, 2.05) is 30.3 Å². The molecular formula is C14H14BrFN2O2S. The maximum Gasteiger partial charge on any atom is 0.261 e. The predicted molar refractivity (Wildman–Crippen MR) is 82.2 cm³/mol. The number of nitrogens with one attached hydrogen (secondary N) is 1. The number of nitrogens with zero attached hydrogens (tertiary/aromatic N) is 1. The summed E-state index contributed by atoms with van der Waals surface area (Å²) in [6.07, 6.45) is 1.75. The highest BCUT2D eigenvalue weighted by Gasteiger charge is 2.24. The first-order valence-electron chi connectivity index (χ1n) is 6.25. The zero-order valence-electron chi connectivity index (χ0n) is 11.0. The number of halogens is 2. The molecule has 0 spiro atoms. The largest absolute Gasteiger partial charge is 0.261 e. The number of aromatic nitrogens is 1. The highest BCUT2D eigenvalue weighted by Crippen LogP contribution is 2.13. The molecule has 1 aromatic carbocycles. The van der Waals surface area contributed by atoms with Crippen LogP contribution in [0.25, 0.3) is 0 Å². The molecule has 0 aliphatic rings. The lowest BCUT2D eigenvalue weighted by Gasteiger charge is -2.16. The summed E-state index contributed by atoms with van der Waals surface area (Å²) in [5.74, 6) is -0.863. The molecule has 1 unspecified atom stereocenters. The lowest BCUT2D eigenvalue weighted by Crippen LogP contribution is -2.38. The molecule has 2 aromatic rings. The van der Waals surface area contributed by atoms with E-state index in [0.717, 1.165) is 11.6 Å². The Labute approximate surface area is 131 Å². The first-order valence-corrected chi connectivity index (χ1v) is 8.86. The topological polar surface area (TPSA) is 59.1 Å². The van der Waals surface area contributed by atoms with Gasteiger partial charge in [-0.15, -0.1) is 0 Å². The number of alkyl halides is 1. The summed E-state index contributed by atoms with van der Waals surface area (Å²) in [5, 5.41) is -0.167. The Bertz CT molecular complexity index is 695. The van der Waals surface area contributed by atoms with Gasteiger partial charge in [-0.1, -0.05) is 46.3 Å². The Hall–Kier alpha value is -1.31. The summed E-state index contributed by atoms with van der Waals surface area (Å²) in [7, 11) is -3.99. The minimum Gasteiger partial charge on any atom is -0.241 e. The molecule has 0 saturated carbocycles. The van der Waals surface area contributed by atoms with Crippen LogP contribution in [0.1, 0.15) is 5.56 Å². The lowest BCUT2D eigenvalue weighted by molar-refractivity contribution is 0.533. The molecule has 4 nitrogen and oxygen atoms in total. The lowest BCUT2D eigenvalue weighted by atomic mass is 10.1. The van der Waals surface area contributed by atoms with E-state index in [1.165, 1.54) is 12.3 Å². The molecule has 0 bridgehead atoms.